The van der Waals surface area contributed by atoms with Crippen LogP contribution in [0.25, 0.3) is 0 Å². The first-order valence-electron chi connectivity index (χ1n) is 11.8. The second-order valence-electron chi connectivity index (χ2n) is 9.54. The number of carbonyl (C=O) groups is 5. The summed E-state index contributed by atoms with van der Waals surface area (Å²) in [6, 6.07) is 0. The van der Waals surface area contributed by atoms with Crippen molar-refractivity contribution in [3.05, 3.63) is 0 Å². The van der Waals surface area contributed by atoms with Crippen LogP contribution in [0, 0.1) is 17.8 Å². The van der Waals surface area contributed by atoms with E-state index >= 15 is 0 Å². The van der Waals surface area contributed by atoms with Gasteiger partial charge < -0.3 is 44.3 Å². The number of alkyl carbamates (subject to hydrolysis) is 1. The van der Waals surface area contributed by atoms with Gasteiger partial charge in [-0.3, -0.25) is 19.2 Å². The molecule has 0 aromatic heterocycles. The minimum Gasteiger partial charge on any atom is -0.481 e. The van der Waals surface area contributed by atoms with Gasteiger partial charge in [0, 0.05) is 31.7 Å². The zero-order valence-corrected chi connectivity index (χ0v) is 21.5. The summed E-state index contributed by atoms with van der Waals surface area (Å²) in [4.78, 5) is 57.6. The third-order valence-electron chi connectivity index (χ3n) is 5.34. The Kier molecular flexibility index (Phi) is 13.3. The van der Waals surface area contributed by atoms with Crippen LogP contribution in [0.1, 0.15) is 47.0 Å². The third-order valence-corrected chi connectivity index (χ3v) is 5.34. The zero-order chi connectivity index (χ0) is 28.2. The fourth-order valence-electron chi connectivity index (χ4n) is 4.00. The number of rotatable bonds is 15. The number of carboxylic acid groups (broad SMARTS) is 3. The maximum Gasteiger partial charge on any atom is 0.407 e. The van der Waals surface area contributed by atoms with E-state index < -0.39 is 85.0 Å². The quantitative estimate of drug-likeness (QED) is 0.171. The van der Waals surface area contributed by atoms with Crippen LogP contribution in [0.5, 0.6) is 0 Å². The van der Waals surface area contributed by atoms with Crippen LogP contribution in [-0.2, 0) is 42.9 Å². The highest BCUT2D eigenvalue weighted by molar-refractivity contribution is 5.70. The lowest BCUT2D eigenvalue weighted by atomic mass is 9.71. The van der Waals surface area contributed by atoms with Gasteiger partial charge in [0.2, 0.25) is 0 Å². The largest absolute Gasteiger partial charge is 0.481 e. The van der Waals surface area contributed by atoms with Gasteiger partial charge in [0.25, 0.3) is 0 Å². The van der Waals surface area contributed by atoms with Crippen molar-refractivity contribution in [2.45, 2.75) is 65.0 Å². The van der Waals surface area contributed by atoms with E-state index in [4.69, 9.17) is 23.7 Å². The van der Waals surface area contributed by atoms with Crippen molar-refractivity contribution in [2.24, 2.45) is 17.8 Å². The second-order valence-corrected chi connectivity index (χ2v) is 9.54. The predicted octanol–water partition coefficient (Wildman–Crippen LogP) is 1.11. The molecule has 1 saturated heterocycles. The maximum absolute atomic E-state index is 11.6. The number of ether oxygens (including phenoxy) is 5. The van der Waals surface area contributed by atoms with Crippen LogP contribution in [0.4, 0.5) is 4.79 Å². The third kappa shape index (κ3) is 13.2. The molecule has 0 unspecified atom stereocenters. The molecule has 1 amide bonds. The molecule has 0 aromatic rings. The molecule has 14 heteroatoms. The summed E-state index contributed by atoms with van der Waals surface area (Å²) in [6.45, 7) is 6.25. The van der Waals surface area contributed by atoms with Crippen LogP contribution < -0.4 is 5.32 Å². The fourth-order valence-corrected chi connectivity index (χ4v) is 4.00. The van der Waals surface area contributed by atoms with Crippen LogP contribution in [0.2, 0.25) is 0 Å². The molecule has 1 heterocycles. The van der Waals surface area contributed by atoms with E-state index in [1.807, 2.05) is 0 Å². The number of nitrogens with one attached hydrogen (secondary N) is 1. The van der Waals surface area contributed by atoms with Gasteiger partial charge in [0.1, 0.15) is 12.2 Å². The molecule has 0 spiro atoms. The SMILES string of the molecule is CC(=O)OC[C@@H]1O[C@@H](OCCOCCNC(=O)OC(C)(C)C)[C@H](CC(=O)O)[C@@H](CC(=O)O)[C@H]1CC(=O)O. The number of hydrogen-bond acceptors (Lipinski definition) is 10. The predicted molar refractivity (Wildman–Crippen MR) is 124 cm³/mol. The first-order chi connectivity index (χ1) is 17.2. The highest BCUT2D eigenvalue weighted by atomic mass is 16.7. The Labute approximate surface area is 214 Å². The van der Waals surface area contributed by atoms with Crippen molar-refractivity contribution in [1.82, 2.24) is 5.32 Å². The van der Waals surface area contributed by atoms with E-state index in [0.29, 0.717) is 0 Å². The molecule has 1 aliphatic rings. The van der Waals surface area contributed by atoms with Gasteiger partial charge in [-0.05, 0) is 26.7 Å². The molecule has 0 saturated carbocycles. The lowest BCUT2D eigenvalue weighted by Crippen LogP contribution is -2.52. The summed E-state index contributed by atoms with van der Waals surface area (Å²) in [7, 11) is 0. The van der Waals surface area contributed by atoms with E-state index in [0.717, 1.165) is 6.92 Å². The maximum atomic E-state index is 11.6. The normalized spacial score (nSPS) is 23.6. The average molecular weight is 536 g/mol. The van der Waals surface area contributed by atoms with Crippen molar-refractivity contribution < 1.29 is 63.0 Å². The second kappa shape index (κ2) is 15.3. The number of carboxylic acids is 3. The van der Waals surface area contributed by atoms with Crippen molar-refractivity contribution in [3.63, 3.8) is 0 Å². The van der Waals surface area contributed by atoms with Gasteiger partial charge in [0.15, 0.2) is 6.29 Å². The average Bonchev–Trinajstić information content (AvgIpc) is 2.73. The standard InChI is InChI=1S/C23H37NO13/c1-13(25)35-12-17-15(10-19(28)29)14(9-18(26)27)16(11-20(30)31)21(36-17)34-8-7-33-6-5-24-22(32)37-23(2,3)4/h14-17,21H,5-12H2,1-4H3,(H,24,32)(H,26,27)(H,28,29)(H,30,31)/t14-,15+,16+,17-,21+/m0/s1. The summed E-state index contributed by atoms with van der Waals surface area (Å²) in [5.74, 6) is -7.24. The minimum atomic E-state index is -1.25. The summed E-state index contributed by atoms with van der Waals surface area (Å²) in [5.41, 5.74) is -0.638. The van der Waals surface area contributed by atoms with Crippen molar-refractivity contribution in [1.29, 1.82) is 0 Å². The van der Waals surface area contributed by atoms with Gasteiger partial charge in [-0.15, -0.1) is 0 Å². The molecule has 0 aromatic carbocycles. The number of amides is 1. The first-order valence-corrected chi connectivity index (χ1v) is 11.8. The Morgan fingerprint density at radius 3 is 1.95 bits per heavy atom. The monoisotopic (exact) mass is 535 g/mol. The van der Waals surface area contributed by atoms with Gasteiger partial charge >= 0.3 is 30.0 Å². The first kappa shape index (κ1) is 32.1. The molecule has 0 bridgehead atoms. The van der Waals surface area contributed by atoms with Crippen LogP contribution in [0.3, 0.4) is 0 Å². The zero-order valence-electron chi connectivity index (χ0n) is 21.5. The van der Waals surface area contributed by atoms with Gasteiger partial charge in [0.05, 0.1) is 38.8 Å². The molecule has 0 aliphatic carbocycles. The lowest BCUT2D eigenvalue weighted by Gasteiger charge is -2.45. The Morgan fingerprint density at radius 2 is 1.41 bits per heavy atom. The minimum absolute atomic E-state index is 0.0341. The molecule has 5 atom stereocenters. The topological polar surface area (TPSA) is 204 Å². The number of esters is 1. The molecule has 212 valence electrons. The smallest absolute Gasteiger partial charge is 0.407 e. The van der Waals surface area contributed by atoms with Crippen LogP contribution >= 0.6 is 0 Å². The van der Waals surface area contributed by atoms with Gasteiger partial charge in [-0.2, -0.15) is 0 Å². The van der Waals surface area contributed by atoms with Crippen molar-refractivity contribution in [2.75, 3.05) is 33.0 Å². The Morgan fingerprint density at radius 1 is 0.838 bits per heavy atom. The Balaban J connectivity index is 2.83. The van der Waals surface area contributed by atoms with E-state index in [9.17, 15) is 39.3 Å². The molecular weight excluding hydrogens is 498 g/mol. The summed E-state index contributed by atoms with van der Waals surface area (Å²) in [5, 5.41) is 30.7. The molecular formula is C23H37NO13. The fraction of sp³-hybridized carbons (Fsp3) is 0.783. The summed E-state index contributed by atoms with van der Waals surface area (Å²) < 4.78 is 27.0. The number of hydrogen-bond donors (Lipinski definition) is 4. The van der Waals surface area contributed by atoms with Crippen molar-refractivity contribution >= 4 is 30.0 Å². The summed E-state index contributed by atoms with van der Waals surface area (Å²) >= 11 is 0. The highest BCUT2D eigenvalue weighted by Crippen LogP contribution is 2.42. The van der Waals surface area contributed by atoms with E-state index in [-0.39, 0.29) is 33.0 Å². The molecule has 1 rings (SSSR count). The van der Waals surface area contributed by atoms with Crippen LogP contribution in [0.15, 0.2) is 0 Å². The molecule has 37 heavy (non-hydrogen) atoms. The van der Waals surface area contributed by atoms with E-state index in [1.165, 1.54) is 0 Å². The summed E-state index contributed by atoms with van der Waals surface area (Å²) in [6.07, 6.45) is -4.41. The van der Waals surface area contributed by atoms with Gasteiger partial charge in [-0.25, -0.2) is 4.79 Å². The van der Waals surface area contributed by atoms with Gasteiger partial charge in [-0.1, -0.05) is 0 Å². The molecule has 4 N–H and O–H groups in total. The number of carbonyl (C=O) groups excluding carboxylic acids is 2. The van der Waals surface area contributed by atoms with Crippen molar-refractivity contribution in [3.8, 4) is 0 Å². The lowest BCUT2D eigenvalue weighted by molar-refractivity contribution is -0.268. The highest BCUT2D eigenvalue weighted by Gasteiger charge is 2.48. The molecule has 0 radical (unpaired) electrons. The Bertz CT molecular complexity index is 794. The molecule has 14 nitrogen and oxygen atoms in total. The molecule has 1 aliphatic heterocycles. The van der Waals surface area contributed by atoms with E-state index in [2.05, 4.69) is 5.32 Å². The Hall–Kier alpha value is -2.97. The number of aliphatic carboxylic acids is 3. The molecule has 1 fully saturated rings. The van der Waals surface area contributed by atoms with Crippen LogP contribution in [-0.4, -0.2) is 96.3 Å². The van der Waals surface area contributed by atoms with E-state index in [1.54, 1.807) is 20.8 Å².